The molecule has 10 heteroatoms. The van der Waals surface area contributed by atoms with Crippen LogP contribution in [0.1, 0.15) is 30.9 Å². The number of imide groups is 1. The standard InChI is InChI=1S/C23H24N4O6/c1-14-11-19(28)25-26-21(14)16-7-9-17(10-8-16)27(22(31)18(24)12-20(29)30)23(32)33-13-15-5-3-2-4-6-15/h2-10,14,18H,11-13,24H2,1H3,(H,25,28)(H,29,30)/t14?,18-/m0/s1. The van der Waals surface area contributed by atoms with Crippen molar-refractivity contribution in [1.29, 1.82) is 0 Å². The van der Waals surface area contributed by atoms with Crippen LogP contribution in [0.2, 0.25) is 0 Å². The monoisotopic (exact) mass is 452 g/mol. The number of aliphatic carboxylic acids is 1. The molecule has 1 aliphatic rings. The number of hydrogen-bond donors (Lipinski definition) is 3. The van der Waals surface area contributed by atoms with Crippen molar-refractivity contribution in [3.8, 4) is 0 Å². The molecule has 0 saturated heterocycles. The molecule has 1 aliphatic heterocycles. The Hall–Kier alpha value is -4.05. The lowest BCUT2D eigenvalue weighted by molar-refractivity contribution is -0.139. The van der Waals surface area contributed by atoms with Gasteiger partial charge in [-0.05, 0) is 23.3 Å². The zero-order valence-electron chi connectivity index (χ0n) is 17.9. The van der Waals surface area contributed by atoms with Gasteiger partial charge in [0.1, 0.15) is 6.61 Å². The number of benzene rings is 2. The number of anilines is 1. The molecule has 4 N–H and O–H groups in total. The van der Waals surface area contributed by atoms with Crippen molar-refractivity contribution < 1.29 is 29.0 Å². The first-order valence-corrected chi connectivity index (χ1v) is 10.2. The number of nitrogens with two attached hydrogens (primary N) is 1. The molecule has 3 rings (SSSR count). The Morgan fingerprint density at radius 3 is 2.45 bits per heavy atom. The highest BCUT2D eigenvalue weighted by molar-refractivity contribution is 6.15. The predicted octanol–water partition coefficient (Wildman–Crippen LogP) is 2.02. The molecule has 0 aromatic heterocycles. The summed E-state index contributed by atoms with van der Waals surface area (Å²) in [5, 5.41) is 13.1. The Kier molecular flexibility index (Phi) is 7.52. The Labute approximate surface area is 190 Å². The zero-order chi connectivity index (χ0) is 24.0. The van der Waals surface area contributed by atoms with E-state index in [4.69, 9.17) is 15.6 Å². The normalized spacial score (nSPS) is 16.2. The average Bonchev–Trinajstić information content (AvgIpc) is 2.78. The van der Waals surface area contributed by atoms with Crippen molar-refractivity contribution in [2.45, 2.75) is 32.4 Å². The molecule has 3 amide bonds. The minimum Gasteiger partial charge on any atom is -0.481 e. The molecule has 0 bridgehead atoms. The number of carboxylic acids is 1. The Balaban J connectivity index is 1.84. The van der Waals surface area contributed by atoms with E-state index in [-0.39, 0.29) is 24.1 Å². The topological polar surface area (TPSA) is 151 Å². The number of nitrogens with zero attached hydrogens (tertiary/aromatic N) is 2. The SMILES string of the molecule is CC1CC(=O)NN=C1c1ccc(N(C(=O)OCc2ccccc2)C(=O)[C@@H](N)CC(=O)O)cc1. The molecular formula is C23H24N4O6. The predicted molar refractivity (Wildman–Crippen MR) is 119 cm³/mol. The first kappa shape index (κ1) is 23.6. The molecule has 0 aliphatic carbocycles. The van der Waals surface area contributed by atoms with Gasteiger partial charge in [-0.2, -0.15) is 5.10 Å². The van der Waals surface area contributed by atoms with Crippen LogP contribution in [0.15, 0.2) is 59.7 Å². The van der Waals surface area contributed by atoms with Crippen LogP contribution in [0.5, 0.6) is 0 Å². The number of hydrogen-bond acceptors (Lipinski definition) is 7. The second-order valence-electron chi connectivity index (χ2n) is 7.60. The molecule has 0 saturated carbocycles. The van der Waals surface area contributed by atoms with Gasteiger partial charge >= 0.3 is 12.1 Å². The fraction of sp³-hybridized carbons (Fsp3) is 0.261. The molecule has 172 valence electrons. The van der Waals surface area contributed by atoms with Crippen molar-refractivity contribution in [3.05, 3.63) is 65.7 Å². The van der Waals surface area contributed by atoms with Gasteiger partial charge in [0, 0.05) is 12.3 Å². The summed E-state index contributed by atoms with van der Waals surface area (Å²) in [4.78, 5) is 48.9. The number of carbonyl (C=O) groups excluding carboxylic acids is 3. The lowest BCUT2D eigenvalue weighted by Crippen LogP contribution is -2.48. The average molecular weight is 452 g/mol. The van der Waals surface area contributed by atoms with Gasteiger partial charge in [0.05, 0.1) is 23.9 Å². The Bertz CT molecular complexity index is 1070. The number of carbonyl (C=O) groups is 4. The number of nitrogens with one attached hydrogen (secondary N) is 1. The molecule has 0 radical (unpaired) electrons. The number of rotatable bonds is 7. The Morgan fingerprint density at radius 2 is 1.85 bits per heavy atom. The van der Waals surface area contributed by atoms with Crippen LogP contribution in [-0.4, -0.2) is 40.7 Å². The van der Waals surface area contributed by atoms with Gasteiger partial charge in [0.15, 0.2) is 0 Å². The minimum absolute atomic E-state index is 0.0796. The van der Waals surface area contributed by atoms with Crippen LogP contribution in [0.25, 0.3) is 0 Å². The van der Waals surface area contributed by atoms with Crippen molar-refractivity contribution in [3.63, 3.8) is 0 Å². The van der Waals surface area contributed by atoms with Crippen LogP contribution in [-0.2, 0) is 25.7 Å². The summed E-state index contributed by atoms with van der Waals surface area (Å²) in [6.45, 7) is 1.79. The van der Waals surface area contributed by atoms with Gasteiger partial charge in [-0.15, -0.1) is 0 Å². The maximum absolute atomic E-state index is 12.9. The molecular weight excluding hydrogens is 428 g/mol. The van der Waals surface area contributed by atoms with Crippen LogP contribution in [0.4, 0.5) is 10.5 Å². The minimum atomic E-state index is -1.44. The van der Waals surface area contributed by atoms with Crippen molar-refractivity contribution in [2.75, 3.05) is 4.90 Å². The van der Waals surface area contributed by atoms with Gasteiger partial charge in [0.2, 0.25) is 5.91 Å². The van der Waals surface area contributed by atoms with Crippen molar-refractivity contribution >= 4 is 35.3 Å². The number of ether oxygens (including phenoxy) is 1. The van der Waals surface area contributed by atoms with E-state index in [1.165, 1.54) is 12.1 Å². The third-order valence-electron chi connectivity index (χ3n) is 5.00. The van der Waals surface area contributed by atoms with E-state index in [1.807, 2.05) is 13.0 Å². The van der Waals surface area contributed by atoms with E-state index in [2.05, 4.69) is 10.5 Å². The first-order chi connectivity index (χ1) is 15.8. The van der Waals surface area contributed by atoms with Crippen LogP contribution < -0.4 is 16.1 Å². The van der Waals surface area contributed by atoms with E-state index in [0.29, 0.717) is 17.7 Å². The smallest absolute Gasteiger partial charge is 0.421 e. The summed E-state index contributed by atoms with van der Waals surface area (Å²) in [6, 6.07) is 13.8. The number of hydrazone groups is 1. The van der Waals surface area contributed by atoms with Gasteiger partial charge in [-0.3, -0.25) is 14.4 Å². The quantitative estimate of drug-likeness (QED) is 0.581. The summed E-state index contributed by atoms with van der Waals surface area (Å²) in [7, 11) is 0. The highest BCUT2D eigenvalue weighted by Gasteiger charge is 2.31. The molecule has 1 heterocycles. The maximum atomic E-state index is 12.9. The Morgan fingerprint density at radius 1 is 1.18 bits per heavy atom. The van der Waals surface area contributed by atoms with Crippen LogP contribution in [0.3, 0.4) is 0 Å². The third kappa shape index (κ3) is 6.01. The zero-order valence-corrected chi connectivity index (χ0v) is 17.9. The van der Waals surface area contributed by atoms with E-state index in [0.717, 1.165) is 10.5 Å². The van der Waals surface area contributed by atoms with E-state index >= 15 is 0 Å². The largest absolute Gasteiger partial charge is 0.481 e. The van der Waals surface area contributed by atoms with Crippen LogP contribution in [0, 0.1) is 5.92 Å². The van der Waals surface area contributed by atoms with Gasteiger partial charge in [-0.1, -0.05) is 49.4 Å². The maximum Gasteiger partial charge on any atom is 0.421 e. The molecule has 0 fully saturated rings. The second kappa shape index (κ2) is 10.5. The first-order valence-electron chi connectivity index (χ1n) is 10.2. The summed E-state index contributed by atoms with van der Waals surface area (Å²) in [6.07, 6.45) is -1.33. The summed E-state index contributed by atoms with van der Waals surface area (Å²) >= 11 is 0. The number of amides is 3. The molecule has 1 unspecified atom stereocenters. The van der Waals surface area contributed by atoms with Gasteiger partial charge < -0.3 is 15.6 Å². The fourth-order valence-corrected chi connectivity index (χ4v) is 3.33. The van der Waals surface area contributed by atoms with E-state index < -0.39 is 30.4 Å². The summed E-state index contributed by atoms with van der Waals surface area (Å²) in [5.74, 6) is -2.45. The van der Waals surface area contributed by atoms with Crippen LogP contribution >= 0.6 is 0 Å². The van der Waals surface area contributed by atoms with E-state index in [1.54, 1.807) is 36.4 Å². The highest BCUT2D eigenvalue weighted by Crippen LogP contribution is 2.22. The molecule has 10 nitrogen and oxygen atoms in total. The molecule has 2 aromatic carbocycles. The molecule has 2 atom stereocenters. The molecule has 2 aromatic rings. The highest BCUT2D eigenvalue weighted by atomic mass is 16.6. The second-order valence-corrected chi connectivity index (χ2v) is 7.60. The van der Waals surface area contributed by atoms with Crippen molar-refractivity contribution in [1.82, 2.24) is 5.43 Å². The number of carboxylic acid groups (broad SMARTS) is 1. The van der Waals surface area contributed by atoms with Gasteiger partial charge in [-0.25, -0.2) is 15.1 Å². The van der Waals surface area contributed by atoms with E-state index in [9.17, 15) is 19.2 Å². The summed E-state index contributed by atoms with van der Waals surface area (Å²) < 4.78 is 5.29. The van der Waals surface area contributed by atoms with Crippen molar-refractivity contribution in [2.24, 2.45) is 16.8 Å². The summed E-state index contributed by atoms with van der Waals surface area (Å²) in [5.41, 5.74) is 10.4. The third-order valence-corrected chi connectivity index (χ3v) is 5.00. The lowest BCUT2D eigenvalue weighted by atomic mass is 9.94. The molecule has 33 heavy (non-hydrogen) atoms. The lowest BCUT2D eigenvalue weighted by Gasteiger charge is -2.24. The molecule has 0 spiro atoms. The van der Waals surface area contributed by atoms with Gasteiger partial charge in [0.25, 0.3) is 5.91 Å². The fourth-order valence-electron chi connectivity index (χ4n) is 3.33.